The van der Waals surface area contributed by atoms with E-state index in [4.69, 9.17) is 10.5 Å². The molecule has 3 heterocycles. The highest BCUT2D eigenvalue weighted by Crippen LogP contribution is 2.32. The first-order valence-electron chi connectivity index (χ1n) is 9.11. The summed E-state index contributed by atoms with van der Waals surface area (Å²) in [6, 6.07) is -0.516. The van der Waals surface area contributed by atoms with Crippen molar-refractivity contribution in [3.8, 4) is 0 Å². The van der Waals surface area contributed by atoms with Crippen LogP contribution in [0.25, 0.3) is 11.0 Å². The topological polar surface area (TPSA) is 199 Å². The van der Waals surface area contributed by atoms with Crippen molar-refractivity contribution in [2.45, 2.75) is 49.3 Å². The molecular weight excluding hydrogens is 386 g/mol. The van der Waals surface area contributed by atoms with Crippen LogP contribution in [0.3, 0.4) is 0 Å². The number of nitrogens with one attached hydrogen (secondary N) is 2. The van der Waals surface area contributed by atoms with Crippen LogP contribution in [0.1, 0.15) is 11.8 Å². The molecule has 1 aliphatic heterocycles. The van der Waals surface area contributed by atoms with Crippen LogP contribution in [-0.4, -0.2) is 83.2 Å². The number of aliphatic hydroxyl groups excluding tert-OH is 5. The molecule has 1 saturated heterocycles. The van der Waals surface area contributed by atoms with Crippen molar-refractivity contribution >= 4 is 17.0 Å². The Labute approximate surface area is 163 Å². The zero-order valence-corrected chi connectivity index (χ0v) is 15.2. The smallest absolute Gasteiger partial charge is 0.262 e. The van der Waals surface area contributed by atoms with Crippen molar-refractivity contribution in [3.05, 3.63) is 34.3 Å². The van der Waals surface area contributed by atoms with Gasteiger partial charge < -0.3 is 45.9 Å². The number of ether oxygens (including phenoxy) is 1. The van der Waals surface area contributed by atoms with Gasteiger partial charge in [-0.2, -0.15) is 4.98 Å². The van der Waals surface area contributed by atoms with E-state index in [0.29, 0.717) is 5.56 Å². The molecule has 2 aromatic heterocycles. The van der Waals surface area contributed by atoms with E-state index < -0.39 is 55.0 Å². The van der Waals surface area contributed by atoms with E-state index in [-0.39, 0.29) is 23.5 Å². The van der Waals surface area contributed by atoms with Crippen LogP contribution in [0.5, 0.6) is 0 Å². The van der Waals surface area contributed by atoms with Gasteiger partial charge in [-0.05, 0) is 5.56 Å². The maximum absolute atomic E-state index is 12.5. The number of rotatable bonds is 5. The monoisotopic (exact) mass is 409 g/mol. The Kier molecular flexibility index (Phi) is 5.16. The van der Waals surface area contributed by atoms with E-state index in [1.807, 2.05) is 0 Å². The van der Waals surface area contributed by atoms with Crippen LogP contribution in [0.15, 0.2) is 23.1 Å². The summed E-state index contributed by atoms with van der Waals surface area (Å²) in [5.74, 6) is -0.134. The van der Waals surface area contributed by atoms with Crippen molar-refractivity contribution in [3.63, 3.8) is 0 Å². The largest absolute Gasteiger partial charge is 0.394 e. The van der Waals surface area contributed by atoms with Crippen molar-refractivity contribution in [1.29, 1.82) is 0 Å². The fourth-order valence-electron chi connectivity index (χ4n) is 3.78. The quantitative estimate of drug-likeness (QED) is 0.231. The molecule has 0 aromatic carbocycles. The average molecular weight is 409 g/mol. The second kappa shape index (κ2) is 7.50. The van der Waals surface area contributed by atoms with Gasteiger partial charge in [0.2, 0.25) is 5.95 Å². The van der Waals surface area contributed by atoms with Crippen molar-refractivity contribution in [2.75, 3.05) is 12.3 Å². The summed E-state index contributed by atoms with van der Waals surface area (Å²) in [7, 11) is 0. The van der Waals surface area contributed by atoms with Crippen LogP contribution >= 0.6 is 0 Å². The molecule has 0 radical (unpaired) electrons. The number of aromatic nitrogens is 3. The van der Waals surface area contributed by atoms with Gasteiger partial charge in [0.1, 0.15) is 24.4 Å². The minimum Gasteiger partial charge on any atom is -0.394 e. The van der Waals surface area contributed by atoms with Gasteiger partial charge in [-0.3, -0.25) is 9.78 Å². The van der Waals surface area contributed by atoms with E-state index in [1.165, 1.54) is 16.8 Å². The van der Waals surface area contributed by atoms with Gasteiger partial charge in [0.05, 0.1) is 24.1 Å². The number of hydrogen-bond donors (Lipinski definition) is 8. The summed E-state index contributed by atoms with van der Waals surface area (Å²) >= 11 is 0. The molecule has 0 bridgehead atoms. The van der Waals surface area contributed by atoms with E-state index >= 15 is 0 Å². The first-order chi connectivity index (χ1) is 13.8. The lowest BCUT2D eigenvalue weighted by molar-refractivity contribution is -0.0509. The first-order valence-corrected chi connectivity index (χ1v) is 9.11. The van der Waals surface area contributed by atoms with Gasteiger partial charge in [0, 0.05) is 12.7 Å². The van der Waals surface area contributed by atoms with Gasteiger partial charge >= 0.3 is 0 Å². The molecule has 1 fully saturated rings. The molecule has 29 heavy (non-hydrogen) atoms. The second-order valence-corrected chi connectivity index (χ2v) is 7.21. The summed E-state index contributed by atoms with van der Waals surface area (Å²) in [6.45, 7) is -0.363. The number of hydrogen-bond acceptors (Lipinski definition) is 10. The minimum atomic E-state index is -1.36. The fourth-order valence-corrected chi connectivity index (χ4v) is 3.78. The van der Waals surface area contributed by atoms with Gasteiger partial charge in [-0.25, -0.2) is 0 Å². The Morgan fingerprint density at radius 2 is 1.97 bits per heavy atom. The number of anilines is 1. The van der Waals surface area contributed by atoms with Crippen LogP contribution in [-0.2, 0) is 11.3 Å². The minimum absolute atomic E-state index is 0.131. The number of H-pyrrole nitrogens is 1. The predicted molar refractivity (Wildman–Crippen MR) is 99.6 cm³/mol. The van der Waals surface area contributed by atoms with E-state index in [0.717, 1.165) is 0 Å². The van der Waals surface area contributed by atoms with Crippen molar-refractivity contribution < 1.29 is 30.3 Å². The van der Waals surface area contributed by atoms with E-state index in [2.05, 4.69) is 15.3 Å². The number of aromatic amines is 1. The SMILES string of the molecule is Nc1nc2c(c(CN[C@@H]3C=C[C@@H](O)[C@H]3O)cn2C2OC(CO)C(O)C2O)c(=O)[nH]1. The normalized spacial score (nSPS) is 34.4. The van der Waals surface area contributed by atoms with E-state index in [9.17, 15) is 30.3 Å². The molecule has 7 atom stereocenters. The third-order valence-electron chi connectivity index (χ3n) is 5.33. The second-order valence-electron chi connectivity index (χ2n) is 7.21. The molecule has 4 unspecified atom stereocenters. The fraction of sp³-hybridized carbons (Fsp3) is 0.529. The van der Waals surface area contributed by atoms with Crippen molar-refractivity contribution in [1.82, 2.24) is 19.9 Å². The zero-order valence-electron chi connectivity index (χ0n) is 15.2. The lowest BCUT2D eigenvalue weighted by Crippen LogP contribution is -2.40. The molecule has 2 aromatic rings. The highest BCUT2D eigenvalue weighted by Gasteiger charge is 2.44. The lowest BCUT2D eigenvalue weighted by atomic mass is 10.1. The molecule has 0 amide bonds. The number of nitrogens with zero attached hydrogens (tertiary/aromatic N) is 2. The van der Waals surface area contributed by atoms with Gasteiger partial charge in [0.15, 0.2) is 11.9 Å². The maximum Gasteiger partial charge on any atom is 0.262 e. The molecule has 12 heteroatoms. The average Bonchev–Trinajstić information content (AvgIpc) is 3.29. The molecule has 0 spiro atoms. The number of nitrogen functional groups attached to an aromatic ring is 1. The Morgan fingerprint density at radius 1 is 1.21 bits per heavy atom. The molecule has 4 rings (SSSR count). The van der Waals surface area contributed by atoms with Crippen LogP contribution in [0, 0.1) is 0 Å². The standard InChI is InChI=1S/C17H23N5O7/c18-17-20-14-10(15(28)21-17)6(3-19-7-1-2-8(24)11(7)25)4-22(14)16-13(27)12(26)9(5-23)29-16/h1-2,4,7-9,11-13,16,19,23-27H,3,5H2,(H3,18,20,21,28)/t7-,8-,9?,11+,12?,13?,16?/m1/s1. The number of aliphatic hydroxyl groups is 5. The molecule has 1 aliphatic carbocycles. The summed E-state index contributed by atoms with van der Waals surface area (Å²) in [5.41, 5.74) is 5.78. The molecule has 12 nitrogen and oxygen atoms in total. The number of nitrogens with two attached hydrogens (primary N) is 1. The Bertz CT molecular complexity index is 988. The predicted octanol–water partition coefficient (Wildman–Crippen LogP) is -3.33. The summed E-state index contributed by atoms with van der Waals surface area (Å²) in [6.07, 6.45) is -2.13. The van der Waals surface area contributed by atoms with Crippen LogP contribution in [0.4, 0.5) is 5.95 Å². The number of fused-ring (bicyclic) bond motifs is 1. The van der Waals surface area contributed by atoms with Crippen molar-refractivity contribution in [2.24, 2.45) is 0 Å². The Balaban J connectivity index is 1.71. The first kappa shape index (κ1) is 20.0. The molecule has 9 N–H and O–H groups in total. The summed E-state index contributed by atoms with van der Waals surface area (Å²) in [5, 5.41) is 52.5. The third kappa shape index (κ3) is 3.34. The van der Waals surface area contributed by atoms with Gasteiger partial charge in [-0.15, -0.1) is 0 Å². The zero-order chi connectivity index (χ0) is 20.9. The van der Waals surface area contributed by atoms with Gasteiger partial charge in [0.25, 0.3) is 5.56 Å². The molecule has 2 aliphatic rings. The molecule has 0 saturated carbocycles. The van der Waals surface area contributed by atoms with E-state index in [1.54, 1.807) is 6.08 Å². The Morgan fingerprint density at radius 3 is 2.59 bits per heavy atom. The Hall–Kier alpha value is -2.32. The third-order valence-corrected chi connectivity index (χ3v) is 5.33. The van der Waals surface area contributed by atoms with Crippen LogP contribution < -0.4 is 16.6 Å². The summed E-state index contributed by atoms with van der Waals surface area (Å²) < 4.78 is 6.93. The van der Waals surface area contributed by atoms with Gasteiger partial charge in [-0.1, -0.05) is 12.2 Å². The van der Waals surface area contributed by atoms with Crippen LogP contribution in [0.2, 0.25) is 0 Å². The molecule has 158 valence electrons. The summed E-state index contributed by atoms with van der Waals surface area (Å²) in [4.78, 5) is 19.1. The highest BCUT2D eigenvalue weighted by atomic mass is 16.6. The lowest BCUT2D eigenvalue weighted by Gasteiger charge is -2.18. The molecular formula is C17H23N5O7. The maximum atomic E-state index is 12.5. The highest BCUT2D eigenvalue weighted by molar-refractivity contribution is 5.80.